The van der Waals surface area contributed by atoms with Crippen LogP contribution in [0, 0.1) is 82.9 Å². The van der Waals surface area contributed by atoms with Gasteiger partial charge < -0.3 is 10.6 Å². The molecule has 2 heteroatoms. The van der Waals surface area contributed by atoms with Crippen LogP contribution in [0.5, 0.6) is 0 Å². The van der Waals surface area contributed by atoms with Gasteiger partial charge in [0.2, 0.25) is 0 Å². The van der Waals surface area contributed by atoms with Crippen LogP contribution in [0.2, 0.25) is 0 Å². The first-order chi connectivity index (χ1) is 35.6. The van der Waals surface area contributed by atoms with Gasteiger partial charge >= 0.3 is 0 Å². The monoisotopic (exact) mass is 1010 g/mol. The average Bonchev–Trinajstić information content (AvgIpc) is 4.22. The minimum Gasteiger partial charge on any atom is -0.309 e. The molecule has 0 aromatic rings. The number of unbranched alkanes of at least 4 members (excludes halogenated alkanes) is 5. The number of allylic oxidation sites excluding steroid dienone is 6. The second kappa shape index (κ2) is 31.1. The zero-order valence-corrected chi connectivity index (χ0v) is 50.5. The van der Waals surface area contributed by atoms with Crippen LogP contribution in [0.15, 0.2) is 35.5 Å². The first-order valence-electron chi connectivity index (χ1n) is 34.2. The predicted octanol–water partition coefficient (Wildman–Crippen LogP) is 21.1. The summed E-state index contributed by atoms with van der Waals surface area (Å²) < 4.78 is 0. The third-order valence-electron chi connectivity index (χ3n) is 22.9. The summed E-state index contributed by atoms with van der Waals surface area (Å²) in [5.41, 5.74) is 3.86. The Morgan fingerprint density at radius 3 is 2.11 bits per heavy atom. The zero-order valence-electron chi connectivity index (χ0n) is 50.5. The summed E-state index contributed by atoms with van der Waals surface area (Å²) in [4.78, 5) is 0. The van der Waals surface area contributed by atoms with Crippen molar-refractivity contribution in [3.05, 3.63) is 35.5 Å². The van der Waals surface area contributed by atoms with Gasteiger partial charge in [0.15, 0.2) is 0 Å². The fourth-order valence-electron chi connectivity index (χ4n) is 18.0. The molecule has 0 aromatic heterocycles. The lowest BCUT2D eigenvalue weighted by Crippen LogP contribution is -2.72. The molecular formula is C71H126N2. The van der Waals surface area contributed by atoms with Crippen LogP contribution in [0.1, 0.15) is 306 Å². The first kappa shape index (κ1) is 59.8. The van der Waals surface area contributed by atoms with E-state index in [0.717, 1.165) is 88.9 Å². The molecule has 1 saturated heterocycles. The van der Waals surface area contributed by atoms with Crippen molar-refractivity contribution in [1.29, 1.82) is 0 Å². The second-order valence-corrected chi connectivity index (χ2v) is 28.6. The van der Waals surface area contributed by atoms with E-state index in [9.17, 15) is 0 Å². The standard InChI is InChI=1S/C64H110N2.C7H16/c1-8-19-59-58(29-18-30-60(59)56-27-14-11-21-48(56)7)54-26-16-25-53(43-54)51-36-38-55(39-37-51)66-64(9-2,63-44-62(65-63)61-31-17-24-52-23-13-15-28-57(52)61)41-40-47(6)50(35-32-45(3)4)22-12-10-20-46(5)42-49-33-34-49;1-3-5-7-6-4-2/h16,24,26,43,45-51,53,55-63,65-66H,8-15,17-23,25,27-42,44H2,1-7H3;3-7H2,1-2H3. The number of hydrogen-bond donors (Lipinski definition) is 2. The van der Waals surface area contributed by atoms with Crippen LogP contribution in [0.3, 0.4) is 0 Å². The van der Waals surface area contributed by atoms with Crippen LogP contribution in [-0.2, 0) is 0 Å². The van der Waals surface area contributed by atoms with E-state index in [4.69, 9.17) is 0 Å². The second-order valence-electron chi connectivity index (χ2n) is 28.6. The number of hydrogen-bond acceptors (Lipinski definition) is 2. The van der Waals surface area contributed by atoms with Gasteiger partial charge in [-0.1, -0.05) is 208 Å². The van der Waals surface area contributed by atoms with Gasteiger partial charge in [-0.2, -0.15) is 0 Å². The van der Waals surface area contributed by atoms with Crippen molar-refractivity contribution in [3.63, 3.8) is 0 Å². The fourth-order valence-corrected chi connectivity index (χ4v) is 18.0. The highest BCUT2D eigenvalue weighted by molar-refractivity contribution is 5.29. The van der Waals surface area contributed by atoms with Crippen molar-refractivity contribution >= 4 is 0 Å². The summed E-state index contributed by atoms with van der Waals surface area (Å²) in [6, 6.07) is 2.06. The maximum absolute atomic E-state index is 4.67. The molecule has 1 heterocycles. The minimum absolute atomic E-state index is 0.227. The third kappa shape index (κ3) is 17.6. The molecule has 0 radical (unpaired) electrons. The third-order valence-corrected chi connectivity index (χ3v) is 22.9. The van der Waals surface area contributed by atoms with Crippen LogP contribution in [0.4, 0.5) is 0 Å². The highest BCUT2D eigenvalue weighted by Crippen LogP contribution is 2.52. The van der Waals surface area contributed by atoms with Gasteiger partial charge in [-0.3, -0.25) is 0 Å². The van der Waals surface area contributed by atoms with E-state index in [1.165, 1.54) is 244 Å². The van der Waals surface area contributed by atoms with E-state index in [0.29, 0.717) is 12.1 Å². The highest BCUT2D eigenvalue weighted by Gasteiger charge is 2.50. The smallest absolute Gasteiger partial charge is 0.0335 e. The molecule has 0 amide bonds. The van der Waals surface area contributed by atoms with Crippen molar-refractivity contribution in [2.24, 2.45) is 82.9 Å². The van der Waals surface area contributed by atoms with Gasteiger partial charge in [0.25, 0.3) is 0 Å². The Bertz CT molecular complexity index is 1600. The summed E-state index contributed by atoms with van der Waals surface area (Å²) in [6.45, 7) is 22.3. The molecule has 420 valence electrons. The summed E-state index contributed by atoms with van der Waals surface area (Å²) in [5, 5.41) is 9.13. The molecule has 14 unspecified atom stereocenters. The number of rotatable bonds is 28. The zero-order chi connectivity index (χ0) is 51.6. The van der Waals surface area contributed by atoms with Gasteiger partial charge in [-0.25, -0.2) is 0 Å². The molecule has 6 fully saturated rings. The van der Waals surface area contributed by atoms with Gasteiger partial charge in [0.1, 0.15) is 0 Å². The Kier molecular flexibility index (Phi) is 25.4. The van der Waals surface area contributed by atoms with Crippen molar-refractivity contribution < 1.29 is 0 Å². The molecule has 1 aliphatic heterocycles. The summed E-state index contributed by atoms with van der Waals surface area (Å²) in [5.74, 6) is 12.6. The van der Waals surface area contributed by atoms with Crippen LogP contribution < -0.4 is 10.6 Å². The fraction of sp³-hybridized carbons (Fsp3) is 0.915. The minimum atomic E-state index is 0.227. The number of nitrogens with one attached hydrogen (secondary N) is 2. The van der Waals surface area contributed by atoms with Gasteiger partial charge in [-0.15, -0.1) is 0 Å². The van der Waals surface area contributed by atoms with E-state index >= 15 is 0 Å². The van der Waals surface area contributed by atoms with Gasteiger partial charge in [0.05, 0.1) is 0 Å². The molecule has 7 aliphatic carbocycles. The molecule has 2 nitrogen and oxygen atoms in total. The Balaban J connectivity index is 0.00000104. The lowest BCUT2D eigenvalue weighted by Gasteiger charge is -2.56. The quantitative estimate of drug-likeness (QED) is 0.0603. The molecule has 8 rings (SSSR count). The van der Waals surface area contributed by atoms with Crippen LogP contribution in [0.25, 0.3) is 0 Å². The lowest BCUT2D eigenvalue weighted by atomic mass is 9.58. The topological polar surface area (TPSA) is 24.1 Å². The van der Waals surface area contributed by atoms with Gasteiger partial charge in [-0.05, 0) is 217 Å². The van der Waals surface area contributed by atoms with Gasteiger partial charge in [0, 0.05) is 23.7 Å². The molecule has 2 N–H and O–H groups in total. The van der Waals surface area contributed by atoms with Crippen LogP contribution in [-0.4, -0.2) is 23.7 Å². The van der Waals surface area contributed by atoms with Crippen molar-refractivity contribution in [1.82, 2.24) is 10.6 Å². The summed E-state index contributed by atoms with van der Waals surface area (Å²) in [7, 11) is 0. The van der Waals surface area contributed by atoms with E-state index in [2.05, 4.69) is 97.3 Å². The Morgan fingerprint density at radius 2 is 1.40 bits per heavy atom. The first-order valence-corrected chi connectivity index (χ1v) is 34.2. The lowest BCUT2D eigenvalue weighted by molar-refractivity contribution is 0.0450. The molecule has 14 atom stereocenters. The van der Waals surface area contributed by atoms with E-state index in [1.54, 1.807) is 5.57 Å². The van der Waals surface area contributed by atoms with Crippen molar-refractivity contribution in [3.8, 4) is 0 Å². The summed E-state index contributed by atoms with van der Waals surface area (Å²) >= 11 is 0. The summed E-state index contributed by atoms with van der Waals surface area (Å²) in [6.07, 6.45) is 65.2. The molecule has 0 spiro atoms. The Labute approximate surface area is 456 Å². The molecule has 0 bridgehead atoms. The van der Waals surface area contributed by atoms with E-state index in [1.807, 2.05) is 5.57 Å². The maximum atomic E-state index is 4.67. The highest BCUT2D eigenvalue weighted by atomic mass is 15.2. The largest absolute Gasteiger partial charge is 0.309 e. The average molecular weight is 1010 g/mol. The molecule has 8 aliphatic rings. The van der Waals surface area contributed by atoms with Crippen molar-refractivity contribution in [2.45, 2.75) is 330 Å². The Hall–Kier alpha value is -0.860. The van der Waals surface area contributed by atoms with Crippen LogP contribution >= 0.6 is 0 Å². The molecule has 5 saturated carbocycles. The SMILES string of the molecule is CCCC1C(C2=CC(C3CCC(NC(CC)(CCC(C)C(CCCCC(C)CC4CC4)CCC(C)C)C4CC(C5CCC=C6CCCCC65)N4)CC3)CC=C2)CCCC1C1CCCCC1C.CCCCCCC. The Morgan fingerprint density at radius 1 is 0.671 bits per heavy atom. The maximum Gasteiger partial charge on any atom is 0.0335 e. The molecular weight excluding hydrogens is 881 g/mol. The number of fused-ring (bicyclic) bond motifs is 1. The van der Waals surface area contributed by atoms with E-state index in [-0.39, 0.29) is 5.54 Å². The normalized spacial score (nSPS) is 34.8. The van der Waals surface area contributed by atoms with E-state index < -0.39 is 0 Å². The predicted molar refractivity (Wildman–Crippen MR) is 321 cm³/mol. The van der Waals surface area contributed by atoms with Crippen molar-refractivity contribution in [2.75, 3.05) is 0 Å². The molecule has 0 aromatic carbocycles. The molecule has 73 heavy (non-hydrogen) atoms.